The predicted octanol–water partition coefficient (Wildman–Crippen LogP) is 0.773. The summed E-state index contributed by atoms with van der Waals surface area (Å²) in [4.78, 5) is 24.9. The molecule has 0 spiro atoms. The Morgan fingerprint density at radius 1 is 1.42 bits per heavy atom. The van der Waals surface area contributed by atoms with Crippen LogP contribution in [0, 0.1) is 17.8 Å². The zero-order valence-electron chi connectivity index (χ0n) is 11.5. The van der Waals surface area contributed by atoms with Crippen molar-refractivity contribution in [2.75, 3.05) is 26.3 Å². The van der Waals surface area contributed by atoms with E-state index in [4.69, 9.17) is 9.84 Å². The molecular weight excluding hydrogens is 248 g/mol. The summed E-state index contributed by atoms with van der Waals surface area (Å²) in [7, 11) is 0. The highest BCUT2D eigenvalue weighted by atomic mass is 16.5. The number of carbonyl (C=O) groups excluding carboxylic acids is 1. The quantitative estimate of drug-likeness (QED) is 0.773. The summed E-state index contributed by atoms with van der Waals surface area (Å²) < 4.78 is 5.22. The molecule has 4 atom stereocenters. The number of carboxylic acids is 1. The summed E-state index contributed by atoms with van der Waals surface area (Å²) >= 11 is 0. The molecule has 0 aromatic carbocycles. The maximum Gasteiger partial charge on any atom is 0.317 e. The SMILES string of the molecule is CCN(C(=O)NCC1CC1C)C1COCC1C(=O)O. The van der Waals surface area contributed by atoms with Crippen molar-refractivity contribution in [3.63, 3.8) is 0 Å². The van der Waals surface area contributed by atoms with Crippen LogP contribution in [0.2, 0.25) is 0 Å². The molecule has 0 bridgehead atoms. The molecule has 6 heteroatoms. The van der Waals surface area contributed by atoms with Gasteiger partial charge in [0.25, 0.3) is 0 Å². The molecule has 0 radical (unpaired) electrons. The second kappa shape index (κ2) is 5.77. The molecule has 1 saturated heterocycles. The first-order chi connectivity index (χ1) is 9.04. The number of carboxylic acid groups (broad SMARTS) is 1. The molecule has 1 heterocycles. The molecule has 19 heavy (non-hydrogen) atoms. The number of rotatable bonds is 5. The van der Waals surface area contributed by atoms with Gasteiger partial charge in [0.2, 0.25) is 0 Å². The van der Waals surface area contributed by atoms with Gasteiger partial charge in [0.05, 0.1) is 19.3 Å². The highest BCUT2D eigenvalue weighted by molar-refractivity contribution is 5.77. The minimum absolute atomic E-state index is 0.177. The molecule has 4 unspecified atom stereocenters. The summed E-state index contributed by atoms with van der Waals surface area (Å²) in [5.74, 6) is -0.246. The van der Waals surface area contributed by atoms with E-state index in [2.05, 4.69) is 12.2 Å². The first kappa shape index (κ1) is 14.1. The maximum absolute atomic E-state index is 12.1. The Kier molecular flexibility index (Phi) is 4.29. The Balaban J connectivity index is 1.90. The normalized spacial score (nSPS) is 32.9. The molecule has 2 aliphatic rings. The van der Waals surface area contributed by atoms with Crippen LogP contribution in [-0.2, 0) is 9.53 Å². The Labute approximate surface area is 113 Å². The first-order valence-electron chi connectivity index (χ1n) is 6.89. The van der Waals surface area contributed by atoms with Crippen LogP contribution in [0.5, 0.6) is 0 Å². The largest absolute Gasteiger partial charge is 0.481 e. The van der Waals surface area contributed by atoms with Crippen LogP contribution in [-0.4, -0.2) is 54.4 Å². The van der Waals surface area contributed by atoms with Crippen molar-refractivity contribution >= 4 is 12.0 Å². The van der Waals surface area contributed by atoms with Gasteiger partial charge >= 0.3 is 12.0 Å². The number of carbonyl (C=O) groups is 2. The molecule has 2 N–H and O–H groups in total. The lowest BCUT2D eigenvalue weighted by Gasteiger charge is -2.29. The van der Waals surface area contributed by atoms with Gasteiger partial charge in [0.15, 0.2) is 0 Å². The average molecular weight is 270 g/mol. The smallest absolute Gasteiger partial charge is 0.317 e. The number of urea groups is 1. The molecule has 108 valence electrons. The van der Waals surface area contributed by atoms with Gasteiger partial charge in [-0.05, 0) is 25.2 Å². The van der Waals surface area contributed by atoms with Gasteiger partial charge in [0.1, 0.15) is 5.92 Å². The lowest BCUT2D eigenvalue weighted by molar-refractivity contribution is -0.142. The fourth-order valence-electron chi connectivity index (χ4n) is 2.62. The fraction of sp³-hybridized carbons (Fsp3) is 0.846. The van der Waals surface area contributed by atoms with Crippen molar-refractivity contribution in [2.24, 2.45) is 17.8 Å². The van der Waals surface area contributed by atoms with E-state index in [0.717, 1.165) is 6.42 Å². The van der Waals surface area contributed by atoms with Crippen LogP contribution < -0.4 is 5.32 Å². The average Bonchev–Trinajstić information content (AvgIpc) is 2.88. The number of aliphatic carboxylic acids is 1. The standard InChI is InChI=1S/C13H22N2O4/c1-3-15(11-7-19-6-10(11)12(16)17)13(18)14-5-9-4-8(9)2/h8-11H,3-7H2,1-2H3,(H,14,18)(H,16,17). The number of ether oxygens (including phenoxy) is 1. The van der Waals surface area contributed by atoms with Gasteiger partial charge in [-0.1, -0.05) is 6.92 Å². The van der Waals surface area contributed by atoms with E-state index in [9.17, 15) is 9.59 Å². The van der Waals surface area contributed by atoms with Gasteiger partial charge in [-0.3, -0.25) is 4.79 Å². The summed E-state index contributed by atoms with van der Waals surface area (Å²) in [6.45, 7) is 5.68. The van der Waals surface area contributed by atoms with Crippen LogP contribution in [0.25, 0.3) is 0 Å². The van der Waals surface area contributed by atoms with E-state index in [1.165, 1.54) is 0 Å². The highest BCUT2D eigenvalue weighted by Crippen LogP contribution is 2.36. The topological polar surface area (TPSA) is 78.9 Å². The lowest BCUT2D eigenvalue weighted by atomic mass is 10.0. The molecule has 2 amide bonds. The maximum atomic E-state index is 12.1. The molecule has 1 saturated carbocycles. The molecule has 0 aromatic rings. The second-order valence-corrected chi connectivity index (χ2v) is 5.49. The van der Waals surface area contributed by atoms with E-state index < -0.39 is 11.9 Å². The zero-order valence-corrected chi connectivity index (χ0v) is 11.5. The molecular formula is C13H22N2O4. The molecule has 2 fully saturated rings. The molecule has 1 aliphatic heterocycles. The number of nitrogens with one attached hydrogen (secondary N) is 1. The molecule has 6 nitrogen and oxygen atoms in total. The van der Waals surface area contributed by atoms with E-state index >= 15 is 0 Å². The summed E-state index contributed by atoms with van der Waals surface area (Å²) in [5.41, 5.74) is 0. The Hall–Kier alpha value is -1.30. The Morgan fingerprint density at radius 2 is 2.11 bits per heavy atom. The minimum Gasteiger partial charge on any atom is -0.481 e. The van der Waals surface area contributed by atoms with Gasteiger partial charge in [-0.15, -0.1) is 0 Å². The van der Waals surface area contributed by atoms with Gasteiger partial charge in [-0.2, -0.15) is 0 Å². The van der Waals surface area contributed by atoms with Gasteiger partial charge < -0.3 is 20.1 Å². The summed E-state index contributed by atoms with van der Waals surface area (Å²) in [6.07, 6.45) is 1.16. The van der Waals surface area contributed by atoms with E-state index in [1.807, 2.05) is 6.92 Å². The van der Waals surface area contributed by atoms with Crippen molar-refractivity contribution in [1.29, 1.82) is 0 Å². The van der Waals surface area contributed by atoms with Crippen molar-refractivity contribution in [3.05, 3.63) is 0 Å². The number of hydrogen-bond acceptors (Lipinski definition) is 3. The van der Waals surface area contributed by atoms with Crippen LogP contribution in [0.4, 0.5) is 4.79 Å². The minimum atomic E-state index is -0.899. The first-order valence-corrected chi connectivity index (χ1v) is 6.89. The molecule has 1 aliphatic carbocycles. The van der Waals surface area contributed by atoms with Gasteiger partial charge in [-0.25, -0.2) is 4.79 Å². The predicted molar refractivity (Wildman–Crippen MR) is 68.8 cm³/mol. The van der Waals surface area contributed by atoms with Crippen molar-refractivity contribution in [1.82, 2.24) is 10.2 Å². The van der Waals surface area contributed by atoms with E-state index in [0.29, 0.717) is 31.5 Å². The Morgan fingerprint density at radius 3 is 2.63 bits per heavy atom. The molecule has 2 rings (SSSR count). The Bertz CT molecular complexity index is 361. The van der Waals surface area contributed by atoms with Crippen LogP contribution in [0.15, 0.2) is 0 Å². The van der Waals surface area contributed by atoms with Crippen LogP contribution in [0.1, 0.15) is 20.3 Å². The third-order valence-corrected chi connectivity index (χ3v) is 4.16. The van der Waals surface area contributed by atoms with E-state index in [-0.39, 0.29) is 18.7 Å². The van der Waals surface area contributed by atoms with Crippen LogP contribution in [0.3, 0.4) is 0 Å². The third kappa shape index (κ3) is 3.18. The number of hydrogen-bond donors (Lipinski definition) is 2. The van der Waals surface area contributed by atoms with Crippen molar-refractivity contribution in [2.45, 2.75) is 26.3 Å². The monoisotopic (exact) mass is 270 g/mol. The highest BCUT2D eigenvalue weighted by Gasteiger charge is 2.40. The van der Waals surface area contributed by atoms with Crippen molar-refractivity contribution < 1.29 is 19.4 Å². The number of nitrogens with zero attached hydrogens (tertiary/aromatic N) is 1. The lowest BCUT2D eigenvalue weighted by Crippen LogP contribution is -2.50. The summed E-state index contributed by atoms with van der Waals surface area (Å²) in [5, 5.41) is 12.0. The number of amides is 2. The second-order valence-electron chi connectivity index (χ2n) is 5.49. The van der Waals surface area contributed by atoms with E-state index in [1.54, 1.807) is 4.90 Å². The fourth-order valence-corrected chi connectivity index (χ4v) is 2.62. The zero-order chi connectivity index (χ0) is 14.0. The number of likely N-dealkylation sites (N-methyl/N-ethyl adjacent to an activating group) is 1. The molecule has 0 aromatic heterocycles. The van der Waals surface area contributed by atoms with Gasteiger partial charge in [0, 0.05) is 13.1 Å². The third-order valence-electron chi connectivity index (χ3n) is 4.16. The van der Waals surface area contributed by atoms with Crippen molar-refractivity contribution in [3.8, 4) is 0 Å². The summed E-state index contributed by atoms with van der Waals surface area (Å²) in [6, 6.07) is -0.539. The van der Waals surface area contributed by atoms with Crippen LogP contribution >= 0.6 is 0 Å².